The molecular weight excluding hydrogens is 260 g/mol. The van der Waals surface area contributed by atoms with E-state index in [1.54, 1.807) is 0 Å². The standard InChI is InChI=1S/C15H20N2O.ClH/c1-10-4-3-5-14(11(10)2)15(18)17-8-12-6-16-7-13(12)9-17;/h3-5,12-13,16H,6-9H2,1-2H3;1H. The summed E-state index contributed by atoms with van der Waals surface area (Å²) in [6.07, 6.45) is 0. The molecule has 19 heavy (non-hydrogen) atoms. The number of carbonyl (C=O) groups is 1. The lowest BCUT2D eigenvalue weighted by Gasteiger charge is -2.19. The first-order valence-corrected chi connectivity index (χ1v) is 6.73. The van der Waals surface area contributed by atoms with E-state index in [2.05, 4.69) is 18.3 Å². The van der Waals surface area contributed by atoms with E-state index in [9.17, 15) is 4.79 Å². The second kappa shape index (κ2) is 5.51. The van der Waals surface area contributed by atoms with Gasteiger partial charge in [-0.3, -0.25) is 4.79 Å². The van der Waals surface area contributed by atoms with Crippen molar-refractivity contribution in [2.24, 2.45) is 11.8 Å². The smallest absolute Gasteiger partial charge is 0.254 e. The van der Waals surface area contributed by atoms with E-state index in [0.717, 1.165) is 37.3 Å². The van der Waals surface area contributed by atoms with Crippen molar-refractivity contribution in [1.29, 1.82) is 0 Å². The number of hydrogen-bond acceptors (Lipinski definition) is 2. The predicted molar refractivity (Wildman–Crippen MR) is 78.9 cm³/mol. The molecular formula is C15H21ClN2O. The van der Waals surface area contributed by atoms with Crippen molar-refractivity contribution in [3.63, 3.8) is 0 Å². The van der Waals surface area contributed by atoms with Crippen molar-refractivity contribution >= 4 is 18.3 Å². The van der Waals surface area contributed by atoms with Gasteiger partial charge < -0.3 is 10.2 Å². The summed E-state index contributed by atoms with van der Waals surface area (Å²) >= 11 is 0. The zero-order chi connectivity index (χ0) is 12.7. The number of halogens is 1. The highest BCUT2D eigenvalue weighted by molar-refractivity contribution is 5.96. The van der Waals surface area contributed by atoms with Gasteiger partial charge in [0.2, 0.25) is 0 Å². The molecule has 0 saturated carbocycles. The maximum atomic E-state index is 12.6. The second-order valence-corrected chi connectivity index (χ2v) is 5.64. The Kier molecular flexibility index (Phi) is 4.16. The van der Waals surface area contributed by atoms with Crippen LogP contribution in [0.25, 0.3) is 0 Å². The number of aryl methyl sites for hydroxylation is 1. The number of nitrogens with zero attached hydrogens (tertiary/aromatic N) is 1. The number of fused-ring (bicyclic) bond motifs is 1. The minimum Gasteiger partial charge on any atom is -0.338 e. The topological polar surface area (TPSA) is 32.3 Å². The number of hydrogen-bond donors (Lipinski definition) is 1. The fourth-order valence-electron chi connectivity index (χ4n) is 3.17. The van der Waals surface area contributed by atoms with E-state index in [-0.39, 0.29) is 18.3 Å². The molecule has 2 aliphatic rings. The molecule has 2 fully saturated rings. The Bertz CT molecular complexity index is 477. The summed E-state index contributed by atoms with van der Waals surface area (Å²) < 4.78 is 0. The van der Waals surface area contributed by atoms with Crippen molar-refractivity contribution < 1.29 is 4.79 Å². The Morgan fingerprint density at radius 2 is 1.84 bits per heavy atom. The minimum absolute atomic E-state index is 0. The molecule has 0 spiro atoms. The summed E-state index contributed by atoms with van der Waals surface area (Å²) in [5, 5.41) is 3.41. The number of nitrogens with one attached hydrogen (secondary N) is 1. The van der Waals surface area contributed by atoms with Gasteiger partial charge in [0.1, 0.15) is 0 Å². The van der Waals surface area contributed by atoms with Crippen LogP contribution in [-0.4, -0.2) is 37.0 Å². The summed E-state index contributed by atoms with van der Waals surface area (Å²) in [7, 11) is 0. The molecule has 1 N–H and O–H groups in total. The molecule has 0 bridgehead atoms. The summed E-state index contributed by atoms with van der Waals surface area (Å²) in [5.41, 5.74) is 3.20. The van der Waals surface area contributed by atoms with Crippen LogP contribution in [0, 0.1) is 25.7 Å². The second-order valence-electron chi connectivity index (χ2n) is 5.64. The van der Waals surface area contributed by atoms with Gasteiger partial charge in [0, 0.05) is 31.7 Å². The lowest BCUT2D eigenvalue weighted by Crippen LogP contribution is -2.32. The van der Waals surface area contributed by atoms with Gasteiger partial charge in [-0.15, -0.1) is 12.4 Å². The van der Waals surface area contributed by atoms with E-state index in [1.165, 1.54) is 5.56 Å². The van der Waals surface area contributed by atoms with Crippen LogP contribution >= 0.6 is 12.4 Å². The molecule has 2 aliphatic heterocycles. The first-order valence-electron chi connectivity index (χ1n) is 6.73. The van der Waals surface area contributed by atoms with E-state index in [0.29, 0.717) is 11.8 Å². The fourth-order valence-corrected chi connectivity index (χ4v) is 3.17. The molecule has 0 aromatic heterocycles. The monoisotopic (exact) mass is 280 g/mol. The molecule has 1 aromatic rings. The average molecular weight is 281 g/mol. The Labute approximate surface area is 120 Å². The van der Waals surface area contributed by atoms with Gasteiger partial charge in [-0.05, 0) is 42.9 Å². The van der Waals surface area contributed by atoms with Crippen LogP contribution in [0.3, 0.4) is 0 Å². The van der Waals surface area contributed by atoms with Crippen LogP contribution in [-0.2, 0) is 0 Å². The van der Waals surface area contributed by atoms with Crippen LogP contribution in [0.15, 0.2) is 18.2 Å². The van der Waals surface area contributed by atoms with E-state index < -0.39 is 0 Å². The quantitative estimate of drug-likeness (QED) is 0.854. The Morgan fingerprint density at radius 1 is 1.21 bits per heavy atom. The lowest BCUT2D eigenvalue weighted by molar-refractivity contribution is 0.0781. The zero-order valence-corrected chi connectivity index (χ0v) is 12.3. The van der Waals surface area contributed by atoms with E-state index >= 15 is 0 Å². The van der Waals surface area contributed by atoms with Crippen LogP contribution in [0.1, 0.15) is 21.5 Å². The third kappa shape index (κ3) is 2.49. The third-order valence-electron chi connectivity index (χ3n) is 4.51. The molecule has 2 unspecified atom stereocenters. The highest BCUT2D eigenvalue weighted by Crippen LogP contribution is 2.28. The Hall–Kier alpha value is -1.06. The van der Waals surface area contributed by atoms with Crippen molar-refractivity contribution in [1.82, 2.24) is 10.2 Å². The molecule has 104 valence electrons. The molecule has 0 radical (unpaired) electrons. The fraction of sp³-hybridized carbons (Fsp3) is 0.533. The molecule has 0 aliphatic carbocycles. The highest BCUT2D eigenvalue weighted by Gasteiger charge is 2.38. The summed E-state index contributed by atoms with van der Waals surface area (Å²) in [5.74, 6) is 1.55. The highest BCUT2D eigenvalue weighted by atomic mass is 35.5. The van der Waals surface area contributed by atoms with E-state index in [4.69, 9.17) is 0 Å². The summed E-state index contributed by atoms with van der Waals surface area (Å²) in [4.78, 5) is 14.6. The van der Waals surface area contributed by atoms with Crippen LogP contribution in [0.4, 0.5) is 0 Å². The van der Waals surface area contributed by atoms with Crippen molar-refractivity contribution in [2.45, 2.75) is 13.8 Å². The Morgan fingerprint density at radius 3 is 2.47 bits per heavy atom. The molecule has 3 rings (SSSR count). The van der Waals surface area contributed by atoms with Crippen LogP contribution in [0.2, 0.25) is 0 Å². The van der Waals surface area contributed by atoms with Gasteiger partial charge >= 0.3 is 0 Å². The normalized spacial score (nSPS) is 25.1. The van der Waals surface area contributed by atoms with E-state index in [1.807, 2.05) is 24.0 Å². The maximum absolute atomic E-state index is 12.6. The zero-order valence-electron chi connectivity index (χ0n) is 11.5. The third-order valence-corrected chi connectivity index (χ3v) is 4.51. The molecule has 2 saturated heterocycles. The van der Waals surface area contributed by atoms with Gasteiger partial charge in [-0.2, -0.15) is 0 Å². The number of rotatable bonds is 1. The molecule has 3 nitrogen and oxygen atoms in total. The van der Waals surface area contributed by atoms with Gasteiger partial charge in [0.05, 0.1) is 0 Å². The SMILES string of the molecule is Cc1cccc(C(=O)N2CC3CNCC3C2)c1C.Cl. The first kappa shape index (κ1) is 14.4. The summed E-state index contributed by atoms with van der Waals surface area (Å²) in [6.45, 7) is 8.09. The van der Waals surface area contributed by atoms with Gasteiger partial charge in [0.15, 0.2) is 0 Å². The van der Waals surface area contributed by atoms with Gasteiger partial charge in [-0.25, -0.2) is 0 Å². The first-order chi connectivity index (χ1) is 8.66. The molecule has 4 heteroatoms. The van der Waals surface area contributed by atoms with Crippen LogP contribution < -0.4 is 5.32 Å². The number of benzene rings is 1. The maximum Gasteiger partial charge on any atom is 0.254 e. The number of carbonyl (C=O) groups excluding carboxylic acids is 1. The largest absolute Gasteiger partial charge is 0.338 e. The molecule has 2 atom stereocenters. The van der Waals surface area contributed by atoms with Gasteiger partial charge in [-0.1, -0.05) is 12.1 Å². The summed E-state index contributed by atoms with van der Waals surface area (Å²) in [6, 6.07) is 6.00. The Balaban J connectivity index is 0.00000133. The molecule has 1 amide bonds. The van der Waals surface area contributed by atoms with Crippen molar-refractivity contribution in [3.05, 3.63) is 34.9 Å². The van der Waals surface area contributed by atoms with Crippen molar-refractivity contribution in [2.75, 3.05) is 26.2 Å². The average Bonchev–Trinajstić information content (AvgIpc) is 2.92. The lowest BCUT2D eigenvalue weighted by atomic mass is 10.0. The van der Waals surface area contributed by atoms with Crippen LogP contribution in [0.5, 0.6) is 0 Å². The number of likely N-dealkylation sites (tertiary alicyclic amines) is 1. The predicted octanol–water partition coefficient (Wildman–Crippen LogP) is 2.02. The van der Waals surface area contributed by atoms with Crippen molar-refractivity contribution in [3.8, 4) is 0 Å². The molecule has 1 aromatic carbocycles. The minimum atomic E-state index is 0. The molecule has 2 heterocycles. The number of amides is 1. The van der Waals surface area contributed by atoms with Gasteiger partial charge in [0.25, 0.3) is 5.91 Å².